The summed E-state index contributed by atoms with van der Waals surface area (Å²) in [6.07, 6.45) is -4.03. The highest BCUT2D eigenvalue weighted by Crippen LogP contribution is 2.33. The Labute approximate surface area is 144 Å². The molecule has 1 N–H and O–H groups in total. The zero-order chi connectivity index (χ0) is 18.6. The van der Waals surface area contributed by atoms with Gasteiger partial charge in [0.05, 0.1) is 5.57 Å². The van der Waals surface area contributed by atoms with Crippen LogP contribution in [0.1, 0.15) is 11.1 Å². The predicted molar refractivity (Wildman–Crippen MR) is 94.6 cm³/mol. The van der Waals surface area contributed by atoms with E-state index in [0.29, 0.717) is 11.8 Å². The van der Waals surface area contributed by atoms with E-state index in [1.807, 2.05) is 25.9 Å². The van der Waals surface area contributed by atoms with Crippen LogP contribution >= 0.6 is 0 Å². The smallest absolute Gasteiger partial charge is 0.377 e. The monoisotopic (exact) mass is 348 g/mol. The van der Waals surface area contributed by atoms with Crippen LogP contribution in [0.15, 0.2) is 54.6 Å². The molecule has 0 heterocycles. The van der Waals surface area contributed by atoms with Gasteiger partial charge in [0.1, 0.15) is 0 Å². The third kappa shape index (κ3) is 4.86. The Kier molecular flexibility index (Phi) is 5.51. The molecular formula is C19H19F3N2O. The van der Waals surface area contributed by atoms with Gasteiger partial charge in [-0.05, 0) is 36.2 Å². The summed E-state index contributed by atoms with van der Waals surface area (Å²) >= 11 is 0. The van der Waals surface area contributed by atoms with Crippen molar-refractivity contribution in [2.24, 2.45) is 0 Å². The molecule has 0 bridgehead atoms. The van der Waals surface area contributed by atoms with Gasteiger partial charge in [-0.15, -0.1) is 0 Å². The number of halogens is 3. The number of rotatable bonds is 4. The van der Waals surface area contributed by atoms with Gasteiger partial charge in [0, 0.05) is 31.5 Å². The van der Waals surface area contributed by atoms with Crippen molar-refractivity contribution in [3.8, 4) is 0 Å². The highest BCUT2D eigenvalue weighted by molar-refractivity contribution is 6.04. The maximum atomic E-state index is 13.3. The van der Waals surface area contributed by atoms with Crippen LogP contribution in [-0.4, -0.2) is 26.2 Å². The molecule has 0 fully saturated rings. The number of amides is 1. The van der Waals surface area contributed by atoms with E-state index in [1.165, 1.54) is 24.3 Å². The summed E-state index contributed by atoms with van der Waals surface area (Å²) in [5.41, 5.74) is 1.29. The zero-order valence-corrected chi connectivity index (χ0v) is 14.2. The number of hydrogen-bond donors (Lipinski definition) is 1. The van der Waals surface area contributed by atoms with E-state index in [9.17, 15) is 18.0 Å². The van der Waals surface area contributed by atoms with Gasteiger partial charge in [0.25, 0.3) is 0 Å². The number of nitrogens with one attached hydrogen (secondary N) is 1. The van der Waals surface area contributed by atoms with Crippen LogP contribution in [0.25, 0.3) is 5.57 Å². The van der Waals surface area contributed by atoms with Crippen molar-refractivity contribution >= 4 is 22.9 Å². The number of anilines is 2. The minimum Gasteiger partial charge on any atom is -0.377 e. The van der Waals surface area contributed by atoms with Crippen molar-refractivity contribution in [1.82, 2.24) is 0 Å². The maximum absolute atomic E-state index is 13.3. The van der Waals surface area contributed by atoms with Gasteiger partial charge < -0.3 is 10.2 Å². The fraction of sp³-hybridized carbons (Fsp3) is 0.211. The Morgan fingerprint density at radius 3 is 2.24 bits per heavy atom. The molecule has 3 nitrogen and oxygen atoms in total. The summed E-state index contributed by atoms with van der Waals surface area (Å²) < 4.78 is 39.8. The van der Waals surface area contributed by atoms with Crippen molar-refractivity contribution in [3.63, 3.8) is 0 Å². The fourth-order valence-electron chi connectivity index (χ4n) is 2.49. The van der Waals surface area contributed by atoms with Crippen LogP contribution in [0, 0.1) is 6.92 Å². The van der Waals surface area contributed by atoms with E-state index in [1.54, 1.807) is 24.3 Å². The Morgan fingerprint density at radius 1 is 1.08 bits per heavy atom. The van der Waals surface area contributed by atoms with Gasteiger partial charge in [-0.1, -0.05) is 30.3 Å². The predicted octanol–water partition coefficient (Wildman–Crippen LogP) is 4.65. The van der Waals surface area contributed by atoms with E-state index < -0.39 is 17.7 Å². The van der Waals surface area contributed by atoms with Crippen molar-refractivity contribution < 1.29 is 18.0 Å². The molecule has 1 amide bonds. The number of carbonyl (C=O) groups is 1. The average Bonchev–Trinajstić information content (AvgIpc) is 2.52. The van der Waals surface area contributed by atoms with E-state index in [4.69, 9.17) is 0 Å². The lowest BCUT2D eigenvalue weighted by Gasteiger charge is -2.16. The van der Waals surface area contributed by atoms with Gasteiger partial charge in [0.15, 0.2) is 0 Å². The summed E-state index contributed by atoms with van der Waals surface area (Å²) in [6.45, 7) is 1.87. The molecule has 0 radical (unpaired) electrons. The van der Waals surface area contributed by atoms with Gasteiger partial charge in [-0.25, -0.2) is 0 Å². The molecule has 2 aromatic rings. The SMILES string of the molecule is Cc1cc(NC(=O)/C=C(/c2ccccc2)C(F)(F)F)ccc1N(C)C. The Bertz CT molecular complexity index is 781. The largest absolute Gasteiger partial charge is 0.417 e. The lowest BCUT2D eigenvalue weighted by atomic mass is 10.0. The molecule has 2 aromatic carbocycles. The molecule has 0 spiro atoms. The van der Waals surface area contributed by atoms with Crippen LogP contribution in [-0.2, 0) is 4.79 Å². The highest BCUT2D eigenvalue weighted by Gasteiger charge is 2.35. The first-order valence-corrected chi connectivity index (χ1v) is 7.62. The van der Waals surface area contributed by atoms with E-state index >= 15 is 0 Å². The van der Waals surface area contributed by atoms with Crippen LogP contribution in [0.4, 0.5) is 24.5 Å². The molecule has 0 saturated carbocycles. The van der Waals surface area contributed by atoms with Crippen molar-refractivity contribution in [3.05, 3.63) is 65.7 Å². The number of benzene rings is 2. The summed E-state index contributed by atoms with van der Waals surface area (Å²) in [4.78, 5) is 14.0. The zero-order valence-electron chi connectivity index (χ0n) is 14.2. The standard InChI is InChI=1S/C19H19F3N2O/c1-13-11-15(9-10-17(13)24(2)3)23-18(25)12-16(19(20,21)22)14-7-5-4-6-8-14/h4-12H,1-3H3,(H,23,25)/b16-12-. The van der Waals surface area contributed by atoms with E-state index in [0.717, 1.165) is 11.3 Å². The number of hydrogen-bond acceptors (Lipinski definition) is 2. The average molecular weight is 348 g/mol. The number of allylic oxidation sites excluding steroid dienone is 1. The lowest BCUT2D eigenvalue weighted by Crippen LogP contribution is -2.16. The molecule has 0 aliphatic heterocycles. The van der Waals surface area contributed by atoms with Crippen LogP contribution < -0.4 is 10.2 Å². The summed E-state index contributed by atoms with van der Waals surface area (Å²) in [5, 5.41) is 2.49. The van der Waals surface area contributed by atoms with E-state index in [2.05, 4.69) is 5.32 Å². The first-order valence-electron chi connectivity index (χ1n) is 7.62. The molecule has 0 saturated heterocycles. The van der Waals surface area contributed by atoms with Crippen LogP contribution in [0.2, 0.25) is 0 Å². The topological polar surface area (TPSA) is 32.3 Å². The molecule has 132 valence electrons. The first kappa shape index (κ1) is 18.6. The first-order chi connectivity index (χ1) is 11.7. The minimum absolute atomic E-state index is 0.0516. The minimum atomic E-state index is -4.62. The third-order valence-electron chi connectivity index (χ3n) is 3.61. The van der Waals surface area contributed by atoms with Crippen molar-refractivity contribution in [2.75, 3.05) is 24.3 Å². The van der Waals surface area contributed by atoms with E-state index in [-0.39, 0.29) is 5.56 Å². The number of aryl methyl sites for hydroxylation is 1. The molecule has 0 atom stereocenters. The Morgan fingerprint density at radius 2 is 1.72 bits per heavy atom. The lowest BCUT2D eigenvalue weighted by molar-refractivity contribution is -0.112. The molecule has 25 heavy (non-hydrogen) atoms. The Hall–Kier alpha value is -2.76. The van der Waals surface area contributed by atoms with Gasteiger partial charge >= 0.3 is 6.18 Å². The van der Waals surface area contributed by atoms with Crippen LogP contribution in [0.5, 0.6) is 0 Å². The summed E-state index contributed by atoms with van der Waals surface area (Å²) in [6, 6.07) is 12.4. The fourth-order valence-corrected chi connectivity index (χ4v) is 2.49. The van der Waals surface area contributed by atoms with Gasteiger partial charge in [-0.2, -0.15) is 13.2 Å². The second kappa shape index (κ2) is 7.42. The normalized spacial score (nSPS) is 12.0. The molecule has 0 aromatic heterocycles. The molecule has 6 heteroatoms. The molecule has 2 rings (SSSR count). The molecule has 0 aliphatic carbocycles. The molecule has 0 unspecified atom stereocenters. The second-order valence-corrected chi connectivity index (χ2v) is 5.81. The summed E-state index contributed by atoms with van der Waals surface area (Å²) in [5.74, 6) is -0.826. The summed E-state index contributed by atoms with van der Waals surface area (Å²) in [7, 11) is 3.78. The quantitative estimate of drug-likeness (QED) is 0.816. The molecule has 0 aliphatic rings. The maximum Gasteiger partial charge on any atom is 0.417 e. The Balaban J connectivity index is 2.27. The second-order valence-electron chi connectivity index (χ2n) is 5.81. The van der Waals surface area contributed by atoms with Gasteiger partial charge in [-0.3, -0.25) is 4.79 Å². The number of alkyl halides is 3. The van der Waals surface area contributed by atoms with Gasteiger partial charge in [0.2, 0.25) is 5.91 Å². The van der Waals surface area contributed by atoms with Crippen LogP contribution in [0.3, 0.4) is 0 Å². The highest BCUT2D eigenvalue weighted by atomic mass is 19.4. The molecular weight excluding hydrogens is 329 g/mol. The van der Waals surface area contributed by atoms with Crippen molar-refractivity contribution in [1.29, 1.82) is 0 Å². The number of nitrogens with zero attached hydrogens (tertiary/aromatic N) is 1. The third-order valence-corrected chi connectivity index (χ3v) is 3.61. The number of carbonyl (C=O) groups excluding carboxylic acids is 1. The van der Waals surface area contributed by atoms with Crippen molar-refractivity contribution in [2.45, 2.75) is 13.1 Å².